The summed E-state index contributed by atoms with van der Waals surface area (Å²) in [5, 5.41) is 3.73. The summed E-state index contributed by atoms with van der Waals surface area (Å²) in [6.07, 6.45) is 1.34. The molecule has 0 bridgehead atoms. The lowest BCUT2D eigenvalue weighted by Crippen LogP contribution is -2.24. The topological polar surface area (TPSA) is 50.7 Å². The van der Waals surface area contributed by atoms with Crippen LogP contribution in [-0.4, -0.2) is 18.7 Å². The van der Waals surface area contributed by atoms with E-state index in [2.05, 4.69) is 38.3 Å². The monoisotopic (exact) mass is 356 g/mol. The Balaban J connectivity index is 1.75. The van der Waals surface area contributed by atoms with Crippen molar-refractivity contribution >= 4 is 28.1 Å². The summed E-state index contributed by atoms with van der Waals surface area (Å²) in [5.74, 6) is 5.88. The zero-order chi connectivity index (χ0) is 15.6. The lowest BCUT2D eigenvalue weighted by molar-refractivity contribution is -0.123. The van der Waals surface area contributed by atoms with E-state index in [-0.39, 0.29) is 12.5 Å². The molecule has 0 aliphatic carbocycles. The molecule has 0 aliphatic heterocycles. The van der Waals surface area contributed by atoms with E-state index < -0.39 is 0 Å². The molecule has 22 heavy (non-hydrogen) atoms. The summed E-state index contributed by atoms with van der Waals surface area (Å²) in [5.41, 5.74) is 3.23. The maximum Gasteiger partial charge on any atom is 0.277 e. The van der Waals surface area contributed by atoms with E-state index in [0.717, 1.165) is 10.0 Å². The zero-order valence-corrected chi connectivity index (χ0v) is 13.2. The third kappa shape index (κ3) is 5.43. The van der Waals surface area contributed by atoms with Gasteiger partial charge in [0.05, 0.1) is 10.7 Å². The van der Waals surface area contributed by atoms with Crippen LogP contribution < -0.4 is 10.2 Å². The molecular formula is C17H13BrN2O2. The predicted octanol–water partition coefficient (Wildman–Crippen LogP) is 2.98. The van der Waals surface area contributed by atoms with Crippen LogP contribution in [0.1, 0.15) is 5.56 Å². The largest absolute Gasteiger partial charge is 0.483 e. The number of nitrogens with one attached hydrogen (secondary N) is 1. The SMILES string of the molecule is O=C(COc1ccccc1Br)N/N=C/C#Cc1ccccc1. The highest BCUT2D eigenvalue weighted by atomic mass is 79.9. The van der Waals surface area contributed by atoms with Crippen LogP contribution >= 0.6 is 15.9 Å². The average Bonchev–Trinajstić information content (AvgIpc) is 2.55. The maximum atomic E-state index is 11.5. The van der Waals surface area contributed by atoms with Crippen LogP contribution in [0.2, 0.25) is 0 Å². The Labute approximate surface area is 137 Å². The number of hydrogen-bond donors (Lipinski definition) is 1. The molecule has 5 heteroatoms. The Morgan fingerprint density at radius 1 is 1.18 bits per heavy atom. The second-order valence-electron chi connectivity index (χ2n) is 4.15. The number of ether oxygens (including phenoxy) is 1. The molecule has 1 N–H and O–H groups in total. The number of benzene rings is 2. The van der Waals surface area contributed by atoms with Crippen molar-refractivity contribution in [2.45, 2.75) is 0 Å². The highest BCUT2D eigenvalue weighted by Gasteiger charge is 2.03. The summed E-state index contributed by atoms with van der Waals surface area (Å²) in [4.78, 5) is 11.5. The Morgan fingerprint density at radius 3 is 2.68 bits per heavy atom. The molecule has 2 rings (SSSR count). The van der Waals surface area contributed by atoms with E-state index in [9.17, 15) is 4.79 Å². The molecule has 0 saturated carbocycles. The number of carbonyl (C=O) groups is 1. The second kappa shape index (κ2) is 8.65. The van der Waals surface area contributed by atoms with Crippen molar-refractivity contribution in [3.8, 4) is 17.6 Å². The fourth-order valence-electron chi connectivity index (χ4n) is 1.51. The van der Waals surface area contributed by atoms with Gasteiger partial charge in [-0.3, -0.25) is 4.79 Å². The fraction of sp³-hybridized carbons (Fsp3) is 0.0588. The normalized spacial score (nSPS) is 9.86. The van der Waals surface area contributed by atoms with Gasteiger partial charge in [0.2, 0.25) is 0 Å². The zero-order valence-electron chi connectivity index (χ0n) is 11.6. The quantitative estimate of drug-likeness (QED) is 0.520. The molecule has 0 aromatic heterocycles. The second-order valence-corrected chi connectivity index (χ2v) is 5.00. The minimum Gasteiger partial charge on any atom is -0.483 e. The van der Waals surface area contributed by atoms with Gasteiger partial charge in [-0.15, -0.1) is 0 Å². The van der Waals surface area contributed by atoms with Gasteiger partial charge >= 0.3 is 0 Å². The Morgan fingerprint density at radius 2 is 1.91 bits per heavy atom. The van der Waals surface area contributed by atoms with E-state index in [4.69, 9.17) is 4.74 Å². The predicted molar refractivity (Wildman–Crippen MR) is 89.6 cm³/mol. The molecular weight excluding hydrogens is 344 g/mol. The molecule has 110 valence electrons. The third-order valence-corrected chi connectivity index (χ3v) is 3.16. The molecule has 1 amide bonds. The van der Waals surface area contributed by atoms with Crippen molar-refractivity contribution in [3.63, 3.8) is 0 Å². The molecule has 0 heterocycles. The number of nitrogens with zero attached hydrogens (tertiary/aromatic N) is 1. The molecule has 0 spiro atoms. The lowest BCUT2D eigenvalue weighted by atomic mass is 10.2. The molecule has 0 atom stereocenters. The average molecular weight is 357 g/mol. The van der Waals surface area contributed by atoms with Crippen LogP contribution in [0.15, 0.2) is 64.2 Å². The summed E-state index contributed by atoms with van der Waals surface area (Å²) >= 11 is 3.34. The maximum absolute atomic E-state index is 11.5. The van der Waals surface area contributed by atoms with Gasteiger partial charge in [-0.2, -0.15) is 5.10 Å². The van der Waals surface area contributed by atoms with Crippen molar-refractivity contribution in [1.82, 2.24) is 5.43 Å². The highest BCUT2D eigenvalue weighted by Crippen LogP contribution is 2.23. The minimum atomic E-state index is -0.353. The number of rotatable bonds is 4. The van der Waals surface area contributed by atoms with Gasteiger partial charge < -0.3 is 4.74 Å². The standard InChI is InChI=1S/C17H13BrN2O2/c18-15-10-4-5-11-16(15)22-13-17(21)20-19-12-6-9-14-7-2-1-3-8-14/h1-5,7-8,10-12H,13H2,(H,20,21)/b19-12+. The number of hydrogen-bond acceptors (Lipinski definition) is 3. The van der Waals surface area contributed by atoms with Crippen molar-refractivity contribution in [1.29, 1.82) is 0 Å². The molecule has 0 aliphatic rings. The number of halogens is 1. The van der Waals surface area contributed by atoms with E-state index >= 15 is 0 Å². The molecule has 4 nitrogen and oxygen atoms in total. The van der Waals surface area contributed by atoms with Gasteiger partial charge in [0.25, 0.3) is 5.91 Å². The number of carbonyl (C=O) groups excluding carboxylic acids is 1. The van der Waals surface area contributed by atoms with Crippen LogP contribution in [0.3, 0.4) is 0 Å². The van der Waals surface area contributed by atoms with Crippen LogP contribution in [0, 0.1) is 11.8 Å². The van der Waals surface area contributed by atoms with Crippen molar-refractivity contribution in [2.75, 3.05) is 6.61 Å². The minimum absolute atomic E-state index is 0.119. The van der Waals surface area contributed by atoms with Gasteiger partial charge in [0, 0.05) is 5.56 Å². The van der Waals surface area contributed by atoms with Gasteiger partial charge in [-0.1, -0.05) is 36.3 Å². The molecule has 0 radical (unpaired) electrons. The lowest BCUT2D eigenvalue weighted by Gasteiger charge is -2.06. The fourth-order valence-corrected chi connectivity index (χ4v) is 1.91. The third-order valence-electron chi connectivity index (χ3n) is 2.50. The van der Waals surface area contributed by atoms with Gasteiger partial charge in [0.1, 0.15) is 5.75 Å². The first kappa shape index (κ1) is 15.8. The summed E-state index contributed by atoms with van der Waals surface area (Å²) in [7, 11) is 0. The van der Waals surface area contributed by atoms with Crippen molar-refractivity contribution < 1.29 is 9.53 Å². The van der Waals surface area contributed by atoms with Crippen LogP contribution in [-0.2, 0) is 4.79 Å². The number of hydrazone groups is 1. The molecule has 2 aromatic rings. The molecule has 2 aromatic carbocycles. The van der Waals surface area contributed by atoms with E-state index in [1.165, 1.54) is 6.21 Å². The molecule has 0 unspecified atom stereocenters. The van der Waals surface area contributed by atoms with E-state index in [0.29, 0.717) is 5.75 Å². The van der Waals surface area contributed by atoms with E-state index in [1.54, 1.807) is 6.07 Å². The van der Waals surface area contributed by atoms with Crippen molar-refractivity contribution in [2.24, 2.45) is 5.10 Å². The van der Waals surface area contributed by atoms with Crippen molar-refractivity contribution in [3.05, 3.63) is 64.6 Å². The first-order valence-electron chi connectivity index (χ1n) is 6.50. The summed E-state index contributed by atoms with van der Waals surface area (Å²) < 4.78 is 6.15. The Bertz CT molecular complexity index is 718. The summed E-state index contributed by atoms with van der Waals surface area (Å²) in [6, 6.07) is 16.8. The molecule has 0 saturated heterocycles. The Kier molecular flexibility index (Phi) is 6.21. The first-order valence-corrected chi connectivity index (χ1v) is 7.29. The highest BCUT2D eigenvalue weighted by molar-refractivity contribution is 9.10. The summed E-state index contributed by atoms with van der Waals surface area (Å²) in [6.45, 7) is -0.119. The first-order chi connectivity index (χ1) is 10.8. The van der Waals surface area contributed by atoms with Gasteiger partial charge in [-0.25, -0.2) is 5.43 Å². The van der Waals surface area contributed by atoms with E-state index in [1.807, 2.05) is 48.5 Å². The van der Waals surface area contributed by atoms with Gasteiger partial charge in [0.15, 0.2) is 6.61 Å². The molecule has 0 fully saturated rings. The van der Waals surface area contributed by atoms with Crippen LogP contribution in [0.5, 0.6) is 5.75 Å². The Hall–Kier alpha value is -2.58. The van der Waals surface area contributed by atoms with Crippen LogP contribution in [0.25, 0.3) is 0 Å². The number of para-hydroxylation sites is 1. The smallest absolute Gasteiger partial charge is 0.277 e. The van der Waals surface area contributed by atoms with Crippen LogP contribution in [0.4, 0.5) is 0 Å². The van der Waals surface area contributed by atoms with Gasteiger partial charge in [-0.05, 0) is 46.1 Å². The number of amides is 1.